The van der Waals surface area contributed by atoms with E-state index in [1.165, 1.54) is 0 Å². The van der Waals surface area contributed by atoms with Crippen LogP contribution in [-0.2, 0) is 22.7 Å². The van der Waals surface area contributed by atoms with Crippen LogP contribution in [0.25, 0.3) is 0 Å². The molecule has 116 valence electrons. The lowest BCUT2D eigenvalue weighted by Crippen LogP contribution is -2.42. The molecule has 8 heteroatoms. The second-order valence-electron chi connectivity index (χ2n) is 5.08. The number of amidine groups is 1. The van der Waals surface area contributed by atoms with E-state index in [1.807, 2.05) is 18.7 Å². The lowest BCUT2D eigenvalue weighted by molar-refractivity contribution is 0.586. The predicted molar refractivity (Wildman–Crippen MR) is 82.7 cm³/mol. The maximum Gasteiger partial charge on any atom is 0.162 e. The van der Waals surface area contributed by atoms with Gasteiger partial charge >= 0.3 is 0 Å². The van der Waals surface area contributed by atoms with Gasteiger partial charge in [-0.05, 0) is 18.4 Å². The molecule has 1 aliphatic heterocycles. The Hall–Kier alpha value is -1.70. The smallest absolute Gasteiger partial charge is 0.162 e. The summed E-state index contributed by atoms with van der Waals surface area (Å²) < 4.78 is 23.1. The van der Waals surface area contributed by atoms with Crippen LogP contribution in [0.3, 0.4) is 0 Å². The van der Waals surface area contributed by atoms with Gasteiger partial charge in [0.15, 0.2) is 15.7 Å². The van der Waals surface area contributed by atoms with Crippen LogP contribution in [0.4, 0.5) is 5.82 Å². The fraction of sp³-hybridized carbons (Fsp3) is 0.615. The molecule has 0 aromatic carbocycles. The average Bonchev–Trinajstić information content (AvgIpc) is 2.45. The lowest BCUT2D eigenvalue weighted by Gasteiger charge is -2.29. The zero-order chi connectivity index (χ0) is 15.6. The van der Waals surface area contributed by atoms with Crippen LogP contribution in [0.1, 0.15) is 30.7 Å². The Balaban J connectivity index is 2.47. The van der Waals surface area contributed by atoms with Crippen molar-refractivity contribution >= 4 is 21.5 Å². The van der Waals surface area contributed by atoms with E-state index in [4.69, 9.17) is 11.1 Å². The third-order valence-electron chi connectivity index (χ3n) is 3.74. The first-order valence-corrected chi connectivity index (χ1v) is 8.90. The molecule has 1 fully saturated rings. The highest BCUT2D eigenvalue weighted by atomic mass is 32.2. The Morgan fingerprint density at radius 1 is 1.24 bits per heavy atom. The van der Waals surface area contributed by atoms with E-state index in [-0.39, 0.29) is 17.3 Å². The largest absolute Gasteiger partial charge is 0.384 e. The fourth-order valence-corrected chi connectivity index (χ4v) is 3.79. The van der Waals surface area contributed by atoms with E-state index >= 15 is 0 Å². The van der Waals surface area contributed by atoms with Crippen LogP contribution in [0, 0.1) is 5.41 Å². The molecule has 0 saturated carbocycles. The maximum absolute atomic E-state index is 11.5. The van der Waals surface area contributed by atoms with Crippen LogP contribution in [-0.4, -0.2) is 49.0 Å². The van der Waals surface area contributed by atoms with Crippen molar-refractivity contribution in [3.63, 3.8) is 0 Å². The molecule has 2 rings (SSSR count). The highest BCUT2D eigenvalue weighted by Crippen LogP contribution is 2.24. The molecule has 0 atom stereocenters. The van der Waals surface area contributed by atoms with Crippen LogP contribution < -0.4 is 10.6 Å². The van der Waals surface area contributed by atoms with Crippen molar-refractivity contribution in [3.8, 4) is 0 Å². The highest BCUT2D eigenvalue weighted by molar-refractivity contribution is 7.91. The Morgan fingerprint density at radius 2 is 1.86 bits per heavy atom. The monoisotopic (exact) mass is 311 g/mol. The van der Waals surface area contributed by atoms with Gasteiger partial charge < -0.3 is 10.6 Å². The standard InChI is InChI=1S/C13H21N5O2S/c1-3-9-10(4-2)16-17-13(11(9)12(14)15)18-5-7-21(19,20)8-6-18/h3-8H2,1-2H3,(H3,14,15). The molecule has 3 N–H and O–H groups in total. The maximum atomic E-state index is 11.5. The molecule has 1 aromatic heterocycles. The first-order chi connectivity index (χ1) is 9.89. The molecule has 2 heterocycles. The van der Waals surface area contributed by atoms with Gasteiger partial charge in [0, 0.05) is 13.1 Å². The number of nitrogen functional groups attached to an aromatic ring is 1. The van der Waals surface area contributed by atoms with Crippen molar-refractivity contribution in [2.75, 3.05) is 29.5 Å². The Bertz CT molecular complexity index is 643. The first kappa shape index (κ1) is 15.7. The van der Waals surface area contributed by atoms with Gasteiger partial charge in [0.1, 0.15) is 5.84 Å². The number of nitrogens with one attached hydrogen (secondary N) is 1. The Labute approximate surface area is 125 Å². The van der Waals surface area contributed by atoms with Gasteiger partial charge in [-0.3, -0.25) is 5.41 Å². The molecule has 0 spiro atoms. The number of anilines is 1. The summed E-state index contributed by atoms with van der Waals surface area (Å²) in [6, 6.07) is 0. The van der Waals surface area contributed by atoms with Gasteiger partial charge in [0.05, 0.1) is 22.8 Å². The summed E-state index contributed by atoms with van der Waals surface area (Å²) in [6.45, 7) is 4.71. The lowest BCUT2D eigenvalue weighted by atomic mass is 10.0. The number of hydrogen-bond acceptors (Lipinski definition) is 6. The molecule has 0 unspecified atom stereocenters. The number of nitrogens with two attached hydrogens (primary N) is 1. The van der Waals surface area contributed by atoms with Crippen molar-refractivity contribution in [2.24, 2.45) is 5.73 Å². The summed E-state index contributed by atoms with van der Waals surface area (Å²) in [7, 11) is -2.96. The van der Waals surface area contributed by atoms with Crippen LogP contribution in [0.5, 0.6) is 0 Å². The zero-order valence-electron chi connectivity index (χ0n) is 12.4. The van der Waals surface area contributed by atoms with Gasteiger partial charge in [-0.15, -0.1) is 5.10 Å². The molecule has 1 aromatic rings. The van der Waals surface area contributed by atoms with E-state index in [0.29, 0.717) is 30.9 Å². The van der Waals surface area contributed by atoms with E-state index < -0.39 is 9.84 Å². The number of nitrogens with zero attached hydrogens (tertiary/aromatic N) is 3. The first-order valence-electron chi connectivity index (χ1n) is 7.07. The third-order valence-corrected chi connectivity index (χ3v) is 5.35. The highest BCUT2D eigenvalue weighted by Gasteiger charge is 2.27. The molecular formula is C13H21N5O2S. The van der Waals surface area contributed by atoms with Crippen molar-refractivity contribution in [3.05, 3.63) is 16.8 Å². The molecule has 0 bridgehead atoms. The average molecular weight is 311 g/mol. The topological polar surface area (TPSA) is 113 Å². The quantitative estimate of drug-likeness (QED) is 0.603. The van der Waals surface area contributed by atoms with Gasteiger partial charge in [-0.1, -0.05) is 13.8 Å². The Kier molecular flexibility index (Phi) is 4.46. The summed E-state index contributed by atoms with van der Waals surface area (Å²) in [6.07, 6.45) is 1.44. The van der Waals surface area contributed by atoms with E-state index in [1.54, 1.807) is 0 Å². The second-order valence-corrected chi connectivity index (χ2v) is 7.39. The molecule has 0 amide bonds. The van der Waals surface area contributed by atoms with Gasteiger partial charge in [-0.2, -0.15) is 5.10 Å². The van der Waals surface area contributed by atoms with Crippen LogP contribution >= 0.6 is 0 Å². The third kappa shape index (κ3) is 3.15. The number of sulfone groups is 1. The van der Waals surface area contributed by atoms with Gasteiger partial charge in [0.25, 0.3) is 0 Å². The Morgan fingerprint density at radius 3 is 2.33 bits per heavy atom. The summed E-state index contributed by atoms with van der Waals surface area (Å²) in [5.41, 5.74) is 8.12. The molecule has 21 heavy (non-hydrogen) atoms. The van der Waals surface area contributed by atoms with E-state index in [9.17, 15) is 8.42 Å². The van der Waals surface area contributed by atoms with Crippen LogP contribution in [0.2, 0.25) is 0 Å². The van der Waals surface area contributed by atoms with Crippen molar-refractivity contribution < 1.29 is 8.42 Å². The number of aromatic nitrogens is 2. The molecule has 0 aliphatic carbocycles. The van der Waals surface area contributed by atoms with Crippen molar-refractivity contribution in [1.82, 2.24) is 10.2 Å². The molecule has 1 aliphatic rings. The second kappa shape index (κ2) is 5.97. The summed E-state index contributed by atoms with van der Waals surface area (Å²) in [5.74, 6) is 0.692. The number of hydrogen-bond donors (Lipinski definition) is 2. The zero-order valence-corrected chi connectivity index (χ0v) is 13.2. The summed E-state index contributed by atoms with van der Waals surface area (Å²) in [5, 5.41) is 16.3. The summed E-state index contributed by atoms with van der Waals surface area (Å²) in [4.78, 5) is 1.86. The minimum Gasteiger partial charge on any atom is -0.384 e. The van der Waals surface area contributed by atoms with Crippen molar-refractivity contribution in [1.29, 1.82) is 5.41 Å². The molecule has 0 radical (unpaired) electrons. The molecule has 1 saturated heterocycles. The SMILES string of the molecule is CCc1nnc(N2CCS(=O)(=O)CC2)c(C(=N)N)c1CC. The normalized spacial score (nSPS) is 17.7. The van der Waals surface area contributed by atoms with Crippen molar-refractivity contribution in [2.45, 2.75) is 26.7 Å². The fourth-order valence-electron chi connectivity index (χ4n) is 2.59. The summed E-state index contributed by atoms with van der Waals surface area (Å²) >= 11 is 0. The predicted octanol–water partition coefficient (Wildman–Crippen LogP) is 0.120. The number of aryl methyl sites for hydroxylation is 1. The minimum atomic E-state index is -2.96. The number of rotatable bonds is 4. The molecule has 7 nitrogen and oxygen atoms in total. The van der Waals surface area contributed by atoms with E-state index in [0.717, 1.165) is 17.7 Å². The van der Waals surface area contributed by atoms with Crippen LogP contribution in [0.15, 0.2) is 0 Å². The van der Waals surface area contributed by atoms with E-state index in [2.05, 4.69) is 10.2 Å². The minimum absolute atomic E-state index is 0.0418. The molecular weight excluding hydrogens is 290 g/mol. The van der Waals surface area contributed by atoms with Gasteiger partial charge in [0.2, 0.25) is 0 Å². The van der Waals surface area contributed by atoms with Gasteiger partial charge in [-0.25, -0.2) is 8.42 Å².